The number of carbonyl (C=O) groups is 13. The predicted molar refractivity (Wildman–Crippen MR) is 410 cm³/mol. The molecule has 5 rings (SSSR count). The van der Waals surface area contributed by atoms with E-state index in [1.54, 1.807) is 117 Å². The first-order valence-corrected chi connectivity index (χ1v) is 36.1. The summed E-state index contributed by atoms with van der Waals surface area (Å²) in [6, 6.07) is 20.8. The van der Waals surface area contributed by atoms with Gasteiger partial charge in [-0.3, -0.25) is 72.3 Å². The minimum absolute atomic E-state index is 0.0166. The topological polar surface area (TPSA) is 602 Å². The number of aliphatic imine (C=N–C) groups is 2. The molecule has 0 bridgehead atoms. The molecule has 35 nitrogen and oxygen atoms in total. The van der Waals surface area contributed by atoms with Gasteiger partial charge < -0.3 is 109 Å². The van der Waals surface area contributed by atoms with Crippen molar-refractivity contribution in [2.75, 3.05) is 32.7 Å². The van der Waals surface area contributed by atoms with E-state index in [4.69, 9.17) is 40.1 Å². The van der Waals surface area contributed by atoms with Crippen molar-refractivity contribution >= 4 is 99.5 Å². The van der Waals surface area contributed by atoms with Crippen LogP contribution in [0.5, 0.6) is 5.75 Å². The molecule has 0 saturated carbocycles. The molecule has 0 aliphatic carbocycles. The Balaban J connectivity index is 1.41. The van der Waals surface area contributed by atoms with E-state index in [0.29, 0.717) is 35.1 Å². The highest BCUT2D eigenvalue weighted by Crippen LogP contribution is 2.19. The lowest BCUT2D eigenvalue weighted by atomic mass is 9.99. The summed E-state index contributed by atoms with van der Waals surface area (Å²) in [5.74, 6) is -13.4. The molecule has 5 aromatic carbocycles. The third kappa shape index (κ3) is 31.7. The Bertz CT molecular complexity index is 3990. The number of guanidine groups is 2. The van der Waals surface area contributed by atoms with Gasteiger partial charge in [-0.05, 0) is 103 Å². The van der Waals surface area contributed by atoms with E-state index in [1.165, 1.54) is 12.1 Å². The average molecular weight is 1530 g/mol. The summed E-state index contributed by atoms with van der Waals surface area (Å²) >= 11 is 0. The fourth-order valence-corrected chi connectivity index (χ4v) is 11.5. The van der Waals surface area contributed by atoms with Crippen LogP contribution in [0.4, 0.5) is 0 Å². The molecular formula is C75H104N20O15. The van der Waals surface area contributed by atoms with Crippen LogP contribution in [0.1, 0.15) is 101 Å². The highest BCUT2D eigenvalue weighted by atomic mass is 16.4. The number of unbranched alkanes of at least 4 members (excludes halogenated alkanes) is 1. The molecule has 0 unspecified atom stereocenters. The molecule has 35 heteroatoms. The predicted octanol–water partition coefficient (Wildman–Crippen LogP) is -3.00. The van der Waals surface area contributed by atoms with Crippen molar-refractivity contribution in [3.63, 3.8) is 0 Å². The van der Waals surface area contributed by atoms with Gasteiger partial charge in [0.1, 0.15) is 60.1 Å². The van der Waals surface area contributed by atoms with Gasteiger partial charge >= 0.3 is 5.97 Å². The van der Waals surface area contributed by atoms with Gasteiger partial charge in [-0.25, -0.2) is 0 Å². The number of aliphatic carboxylic acids is 1. The van der Waals surface area contributed by atoms with Crippen molar-refractivity contribution < 1.29 is 72.5 Å². The zero-order valence-electron chi connectivity index (χ0n) is 61.8. The maximum Gasteiger partial charge on any atom is 0.305 e. The lowest BCUT2D eigenvalue weighted by Crippen LogP contribution is -2.61. The van der Waals surface area contributed by atoms with Crippen molar-refractivity contribution in [2.45, 2.75) is 165 Å². The first-order valence-electron chi connectivity index (χ1n) is 36.1. The second kappa shape index (κ2) is 46.1. The standard InChI is InChI=1S/C75H104N20O15/c1-4-5-22-52(90-73(110)63(43(2)3)95-64(101)51(77)36-46-26-29-50(96)30-27-46)65(102)86-42-61(98)87-55(31-32-76)69(106)92-57(38-45-18-10-7-11-19-45)70(107)88-54(24-15-34-84-75(81)82)68(105)93-58(39-47-25-28-48-20-12-13-21-49(48)35-47)71(108)94-59(40-62(99)100)72(109)89-53(23-14-33-83-74(79)80)67(104)91-56(66(103)85-41-60(78)97)37-44-16-8-6-9-17-44/h6-13,16-21,25-30,35,43,51-59,63,96H,4-5,14-15,22-24,31-34,36-42,76-77H2,1-3H3,(H2,78,97)(H,85,103)(H,86,102)(H,87,98)(H,88,107)(H,89,109)(H,90,110)(H,91,104)(H,92,106)(H,93,105)(H,94,108)(H,95,101)(H,99,100)(H4,79,80,83)(H4,81,82,84)/t51-,52-,53-,54-,55-,56-,57-,58+,59-,63-/m0/s1. The molecule has 0 aliphatic rings. The summed E-state index contributed by atoms with van der Waals surface area (Å²) in [6.07, 6.45) is -1.01. The largest absolute Gasteiger partial charge is 0.508 e. The van der Waals surface area contributed by atoms with Gasteiger partial charge in [-0.2, -0.15) is 0 Å². The summed E-state index contributed by atoms with van der Waals surface area (Å²) < 4.78 is 0. The highest BCUT2D eigenvalue weighted by Gasteiger charge is 2.37. The molecule has 27 N–H and O–H groups in total. The number of fused-ring (bicyclic) bond motifs is 1. The maximum absolute atomic E-state index is 15.1. The lowest BCUT2D eigenvalue weighted by molar-refractivity contribution is -0.141. The summed E-state index contributed by atoms with van der Waals surface area (Å²) in [7, 11) is 0. The smallest absolute Gasteiger partial charge is 0.305 e. The van der Waals surface area contributed by atoms with E-state index in [9.17, 15) is 67.7 Å². The van der Waals surface area contributed by atoms with E-state index >= 15 is 4.79 Å². The fourth-order valence-electron chi connectivity index (χ4n) is 11.5. The van der Waals surface area contributed by atoms with Crippen LogP contribution in [-0.2, 0) is 88.0 Å². The van der Waals surface area contributed by atoms with Crippen molar-refractivity contribution in [1.82, 2.24) is 58.5 Å². The number of phenolic OH excluding ortho intramolecular Hbond substituents is 1. The van der Waals surface area contributed by atoms with E-state index in [1.807, 2.05) is 19.1 Å². The van der Waals surface area contributed by atoms with Crippen LogP contribution in [0.2, 0.25) is 0 Å². The second-order valence-electron chi connectivity index (χ2n) is 26.6. The number of carboxylic acids is 1. The van der Waals surface area contributed by atoms with Gasteiger partial charge in [-0.15, -0.1) is 0 Å². The Labute approximate surface area is 636 Å². The number of amides is 12. The Morgan fingerprint density at radius 1 is 0.409 bits per heavy atom. The monoisotopic (exact) mass is 1520 g/mol. The minimum Gasteiger partial charge on any atom is -0.508 e. The number of primary amides is 1. The van der Waals surface area contributed by atoms with Crippen LogP contribution in [0, 0.1) is 5.92 Å². The summed E-state index contributed by atoms with van der Waals surface area (Å²) in [5.41, 5.74) is 42.1. The molecule has 0 aliphatic heterocycles. The Hall–Kier alpha value is -12.3. The molecule has 10 atom stereocenters. The number of nitrogens with zero attached hydrogens (tertiary/aromatic N) is 2. The summed E-state index contributed by atoms with van der Waals surface area (Å²) in [4.78, 5) is 189. The molecule has 0 fully saturated rings. The van der Waals surface area contributed by atoms with E-state index < -0.39 is 163 Å². The number of nitrogens with one attached hydrogen (secondary N) is 11. The number of phenols is 1. The number of carbonyl (C=O) groups excluding carboxylic acids is 12. The molecule has 5 aromatic rings. The molecule has 0 saturated heterocycles. The third-order valence-corrected chi connectivity index (χ3v) is 17.3. The molecule has 110 heavy (non-hydrogen) atoms. The molecule has 0 spiro atoms. The Morgan fingerprint density at radius 2 is 0.809 bits per heavy atom. The van der Waals surface area contributed by atoms with Gasteiger partial charge in [0, 0.05) is 32.4 Å². The zero-order chi connectivity index (χ0) is 80.8. The molecule has 0 heterocycles. The number of benzene rings is 5. The van der Waals surface area contributed by atoms with Crippen molar-refractivity contribution in [3.05, 3.63) is 150 Å². The van der Waals surface area contributed by atoms with Gasteiger partial charge in [0.25, 0.3) is 0 Å². The van der Waals surface area contributed by atoms with Gasteiger partial charge in [0.05, 0.1) is 25.6 Å². The number of nitrogens with two attached hydrogens (primary N) is 7. The highest BCUT2D eigenvalue weighted by molar-refractivity contribution is 6.00. The van der Waals surface area contributed by atoms with Crippen LogP contribution >= 0.6 is 0 Å². The number of carboxylic acid groups (broad SMARTS) is 1. The fraction of sp³-hybridized carbons (Fsp3) is 0.427. The van der Waals surface area contributed by atoms with Gasteiger partial charge in [0.15, 0.2) is 11.9 Å². The first kappa shape index (κ1) is 88.4. The van der Waals surface area contributed by atoms with E-state index in [2.05, 4.69) is 68.5 Å². The molecule has 594 valence electrons. The normalized spacial score (nSPS) is 13.7. The summed E-state index contributed by atoms with van der Waals surface area (Å²) in [5, 5.41) is 49.8. The Kier molecular flexibility index (Phi) is 37.0. The van der Waals surface area contributed by atoms with Gasteiger partial charge in [-0.1, -0.05) is 149 Å². The number of hydrogen-bond donors (Lipinski definition) is 20. The maximum atomic E-state index is 15.1. The van der Waals surface area contributed by atoms with E-state index in [0.717, 1.165) is 10.8 Å². The molecule has 0 radical (unpaired) electrons. The third-order valence-electron chi connectivity index (χ3n) is 17.3. The van der Waals surface area contributed by atoms with Crippen LogP contribution < -0.4 is 98.6 Å². The zero-order valence-corrected chi connectivity index (χ0v) is 61.8. The van der Waals surface area contributed by atoms with Crippen molar-refractivity contribution in [2.24, 2.45) is 56.0 Å². The van der Waals surface area contributed by atoms with Gasteiger partial charge in [0.2, 0.25) is 70.9 Å². The molecule has 0 aromatic heterocycles. The first-order chi connectivity index (χ1) is 52.4. The Morgan fingerprint density at radius 3 is 1.30 bits per heavy atom. The quantitative estimate of drug-likeness (QED) is 0.0105. The number of aromatic hydroxyl groups is 1. The molecular weight excluding hydrogens is 1420 g/mol. The number of hydrogen-bond acceptors (Lipinski definition) is 18. The van der Waals surface area contributed by atoms with Crippen LogP contribution in [0.15, 0.2) is 137 Å². The van der Waals surface area contributed by atoms with Crippen LogP contribution in [0.3, 0.4) is 0 Å². The van der Waals surface area contributed by atoms with Crippen LogP contribution in [-0.4, -0.2) is 192 Å². The molecule has 12 amide bonds. The van der Waals surface area contributed by atoms with Crippen molar-refractivity contribution in [3.8, 4) is 5.75 Å². The average Bonchev–Trinajstić information content (AvgIpc) is 0.834. The second-order valence-corrected chi connectivity index (χ2v) is 26.6. The van der Waals surface area contributed by atoms with E-state index in [-0.39, 0.29) is 102 Å². The SMILES string of the molecule is CCCC[C@H](NC(=O)[C@@H](NC(=O)[C@@H](N)Cc1ccc(O)cc1)C(C)C)C(=O)NCC(=O)N[C@@H](CCN)C(=O)N[C@@H](Cc1ccccc1)C(=O)N[C@@H](CCCN=C(N)N)C(=O)N[C@H](Cc1ccc2ccccc2c1)C(=O)N[C@@H](CC(=O)O)C(=O)N[C@@H](CCCN=C(N)N)C(=O)N[C@@H](Cc1ccccc1)C(=O)NCC(N)=O. The lowest BCUT2D eigenvalue weighted by Gasteiger charge is -2.28. The van der Waals surface area contributed by atoms with Crippen molar-refractivity contribution in [1.29, 1.82) is 0 Å². The summed E-state index contributed by atoms with van der Waals surface area (Å²) in [6.45, 7) is 3.65. The van der Waals surface area contributed by atoms with Crippen LogP contribution in [0.25, 0.3) is 10.8 Å². The minimum atomic E-state index is -1.98. The number of rotatable bonds is 47.